The van der Waals surface area contributed by atoms with Gasteiger partial charge in [0.25, 0.3) is 0 Å². The fraction of sp³-hybridized carbons (Fsp3) is 0.333. The lowest BCUT2D eigenvalue weighted by Crippen LogP contribution is -2.37. The van der Waals surface area contributed by atoms with Gasteiger partial charge in [0, 0.05) is 11.6 Å². The molecule has 1 amide bonds. The average Bonchev–Trinajstić information content (AvgIpc) is 3.15. The molecule has 0 saturated carbocycles. The molecular formula is C18H21FN4O2S. The van der Waals surface area contributed by atoms with Gasteiger partial charge in [0.2, 0.25) is 5.91 Å². The van der Waals surface area contributed by atoms with Gasteiger partial charge < -0.3 is 21.1 Å². The quantitative estimate of drug-likeness (QED) is 0.526. The third-order valence-electron chi connectivity index (χ3n) is 4.09. The number of amides is 1. The van der Waals surface area contributed by atoms with E-state index in [1.165, 1.54) is 17.5 Å². The second-order valence-corrected chi connectivity index (χ2v) is 7.68. The lowest BCUT2D eigenvalue weighted by atomic mass is 10.0. The Bertz CT molecular complexity index is 964. The molecule has 3 aromatic rings. The topological polar surface area (TPSA) is 104 Å². The maximum absolute atomic E-state index is 14.9. The maximum Gasteiger partial charge on any atom is 0.239 e. The molecule has 0 aliphatic rings. The highest BCUT2D eigenvalue weighted by Gasteiger charge is 2.24. The number of nitrogens with two attached hydrogens (primary N) is 1. The maximum atomic E-state index is 14.9. The number of carbonyl (C=O) groups is 1. The molecule has 6 nitrogen and oxygen atoms in total. The zero-order chi connectivity index (χ0) is 19.0. The van der Waals surface area contributed by atoms with Crippen LogP contribution in [0.15, 0.2) is 17.6 Å². The van der Waals surface area contributed by atoms with Crippen molar-refractivity contribution in [2.45, 2.75) is 33.2 Å². The molecule has 26 heavy (non-hydrogen) atoms. The summed E-state index contributed by atoms with van der Waals surface area (Å²) in [5.74, 6) is -1.20. The zero-order valence-corrected chi connectivity index (χ0v) is 15.6. The van der Waals surface area contributed by atoms with Crippen LogP contribution in [0, 0.1) is 18.7 Å². The molecule has 5 N–H and O–H groups in total. The molecule has 0 saturated heterocycles. The van der Waals surface area contributed by atoms with Crippen LogP contribution in [0.4, 0.5) is 10.2 Å². The van der Waals surface area contributed by atoms with Gasteiger partial charge in [0.05, 0.1) is 16.0 Å². The minimum Gasteiger partial charge on any atom is -0.494 e. The number of aromatic nitrogens is 2. The fourth-order valence-electron chi connectivity index (χ4n) is 2.88. The Labute approximate surface area is 154 Å². The van der Waals surface area contributed by atoms with Gasteiger partial charge in [-0.15, -0.1) is 11.3 Å². The second kappa shape index (κ2) is 6.95. The van der Waals surface area contributed by atoms with E-state index in [1.807, 2.05) is 32.2 Å². The van der Waals surface area contributed by atoms with E-state index < -0.39 is 17.8 Å². The van der Waals surface area contributed by atoms with Crippen LogP contribution in [0.25, 0.3) is 21.3 Å². The Morgan fingerprint density at radius 1 is 1.50 bits per heavy atom. The van der Waals surface area contributed by atoms with E-state index in [1.54, 1.807) is 0 Å². The normalized spacial score (nSPS) is 12.7. The van der Waals surface area contributed by atoms with E-state index >= 15 is 0 Å². The standard InChI is InChI=1S/C18H21FN4O2S/c1-8(2)4-11(16(20)24)22-17-14(19)10-6-21-18(25)13(10)15(23-17)12-5-9(3)7-26-12/h5-8,11,21-22,25H,4H2,1-3H3,(H2,20,24)/t11-/m1/s1. The number of fused-ring (bicyclic) bond motifs is 1. The lowest BCUT2D eigenvalue weighted by Gasteiger charge is -2.19. The lowest BCUT2D eigenvalue weighted by molar-refractivity contribution is -0.119. The number of aromatic hydroxyl groups is 1. The molecule has 3 heterocycles. The van der Waals surface area contributed by atoms with Crippen molar-refractivity contribution in [2.75, 3.05) is 5.32 Å². The summed E-state index contributed by atoms with van der Waals surface area (Å²) in [6, 6.07) is 1.18. The molecule has 3 aromatic heterocycles. The monoisotopic (exact) mass is 376 g/mol. The molecule has 0 bridgehead atoms. The minimum atomic E-state index is -0.736. The summed E-state index contributed by atoms with van der Waals surface area (Å²) in [4.78, 5) is 19.6. The number of carbonyl (C=O) groups excluding carboxylic acids is 1. The zero-order valence-electron chi connectivity index (χ0n) is 14.8. The first-order valence-electron chi connectivity index (χ1n) is 8.28. The Kier molecular flexibility index (Phi) is 4.86. The number of aromatic amines is 1. The first kappa shape index (κ1) is 18.2. The molecule has 3 rings (SSSR count). The SMILES string of the molecule is Cc1csc(-c2nc(N[C@H](CC(C)C)C(N)=O)c(F)c3c[nH]c(O)c23)c1. The van der Waals surface area contributed by atoms with Gasteiger partial charge in [-0.1, -0.05) is 13.8 Å². The summed E-state index contributed by atoms with van der Waals surface area (Å²) in [5.41, 5.74) is 6.95. The van der Waals surface area contributed by atoms with Crippen LogP contribution in [0.2, 0.25) is 0 Å². The smallest absolute Gasteiger partial charge is 0.239 e. The van der Waals surface area contributed by atoms with Gasteiger partial charge in [-0.05, 0) is 36.3 Å². The van der Waals surface area contributed by atoms with E-state index in [2.05, 4.69) is 15.3 Å². The third-order valence-corrected chi connectivity index (χ3v) is 5.14. The molecule has 138 valence electrons. The molecule has 0 fully saturated rings. The van der Waals surface area contributed by atoms with E-state index in [0.717, 1.165) is 10.4 Å². The Balaban J connectivity index is 2.14. The highest BCUT2D eigenvalue weighted by atomic mass is 32.1. The number of halogens is 1. The molecule has 8 heteroatoms. The van der Waals surface area contributed by atoms with Crippen LogP contribution >= 0.6 is 11.3 Å². The van der Waals surface area contributed by atoms with E-state index in [9.17, 15) is 14.3 Å². The van der Waals surface area contributed by atoms with Crippen LogP contribution in [-0.2, 0) is 4.79 Å². The van der Waals surface area contributed by atoms with Crippen molar-refractivity contribution in [3.63, 3.8) is 0 Å². The summed E-state index contributed by atoms with van der Waals surface area (Å²) >= 11 is 1.45. The van der Waals surface area contributed by atoms with Gasteiger partial charge in [0.15, 0.2) is 17.5 Å². The van der Waals surface area contributed by atoms with Crippen molar-refractivity contribution in [3.05, 3.63) is 29.0 Å². The number of hydrogen-bond acceptors (Lipinski definition) is 5. The summed E-state index contributed by atoms with van der Waals surface area (Å²) in [6.45, 7) is 5.85. The van der Waals surface area contributed by atoms with Gasteiger partial charge in [-0.25, -0.2) is 9.37 Å². The number of H-pyrrole nitrogens is 1. The van der Waals surface area contributed by atoms with Crippen molar-refractivity contribution >= 4 is 33.8 Å². The average molecular weight is 376 g/mol. The largest absolute Gasteiger partial charge is 0.494 e. The highest BCUT2D eigenvalue weighted by Crippen LogP contribution is 2.39. The second-order valence-electron chi connectivity index (χ2n) is 6.77. The fourth-order valence-corrected chi connectivity index (χ4v) is 3.78. The summed E-state index contributed by atoms with van der Waals surface area (Å²) < 4.78 is 14.9. The number of aryl methyl sites for hydroxylation is 1. The number of pyridine rings is 1. The van der Waals surface area contributed by atoms with Crippen LogP contribution in [-0.4, -0.2) is 27.0 Å². The van der Waals surface area contributed by atoms with E-state index in [0.29, 0.717) is 17.5 Å². The van der Waals surface area contributed by atoms with Crippen molar-refractivity contribution < 1.29 is 14.3 Å². The minimum absolute atomic E-state index is 0.0537. The predicted octanol–water partition coefficient (Wildman–Crippen LogP) is 3.76. The molecule has 0 unspecified atom stereocenters. The van der Waals surface area contributed by atoms with E-state index in [-0.39, 0.29) is 23.0 Å². The Morgan fingerprint density at radius 2 is 2.23 bits per heavy atom. The number of nitrogens with zero attached hydrogens (tertiary/aromatic N) is 1. The van der Waals surface area contributed by atoms with Gasteiger partial charge in [0.1, 0.15) is 6.04 Å². The first-order chi connectivity index (χ1) is 12.3. The van der Waals surface area contributed by atoms with Crippen LogP contribution < -0.4 is 11.1 Å². The van der Waals surface area contributed by atoms with Crippen LogP contribution in [0.5, 0.6) is 5.88 Å². The van der Waals surface area contributed by atoms with E-state index in [4.69, 9.17) is 5.73 Å². The Hall–Kier alpha value is -2.61. The molecule has 1 atom stereocenters. The van der Waals surface area contributed by atoms with Gasteiger partial charge in [-0.3, -0.25) is 4.79 Å². The molecule has 0 spiro atoms. The van der Waals surface area contributed by atoms with Crippen molar-refractivity contribution in [1.82, 2.24) is 9.97 Å². The van der Waals surface area contributed by atoms with Gasteiger partial charge in [-0.2, -0.15) is 0 Å². The van der Waals surface area contributed by atoms with Crippen molar-refractivity contribution in [3.8, 4) is 16.5 Å². The van der Waals surface area contributed by atoms with Crippen molar-refractivity contribution in [1.29, 1.82) is 0 Å². The van der Waals surface area contributed by atoms with Crippen molar-refractivity contribution in [2.24, 2.45) is 11.7 Å². The van der Waals surface area contributed by atoms with Gasteiger partial charge >= 0.3 is 0 Å². The Morgan fingerprint density at radius 3 is 2.81 bits per heavy atom. The summed E-state index contributed by atoms with van der Waals surface area (Å²) in [5, 5.41) is 15.4. The summed E-state index contributed by atoms with van der Waals surface area (Å²) in [6.07, 6.45) is 1.85. The predicted molar refractivity (Wildman–Crippen MR) is 102 cm³/mol. The molecule has 0 radical (unpaired) electrons. The number of anilines is 1. The number of rotatable bonds is 6. The number of thiophene rings is 1. The number of primary amides is 1. The molecule has 0 aliphatic carbocycles. The molecule has 0 aromatic carbocycles. The number of hydrogen-bond donors (Lipinski definition) is 4. The first-order valence-corrected chi connectivity index (χ1v) is 9.16. The third kappa shape index (κ3) is 3.37. The number of nitrogens with one attached hydrogen (secondary N) is 2. The highest BCUT2D eigenvalue weighted by molar-refractivity contribution is 7.13. The summed E-state index contributed by atoms with van der Waals surface area (Å²) in [7, 11) is 0. The molecular weight excluding hydrogens is 355 g/mol. The molecule has 0 aliphatic heterocycles. The van der Waals surface area contributed by atoms with Crippen LogP contribution in [0.1, 0.15) is 25.8 Å². The van der Waals surface area contributed by atoms with Crippen LogP contribution in [0.3, 0.4) is 0 Å².